The summed E-state index contributed by atoms with van der Waals surface area (Å²) in [5.41, 5.74) is 0.403. The van der Waals surface area contributed by atoms with E-state index in [9.17, 15) is 27.9 Å². The first-order valence-corrected chi connectivity index (χ1v) is 6.42. The fraction of sp³-hybridized carbons (Fsp3) is 0.154. The molecule has 1 N–H and O–H groups in total. The van der Waals surface area contributed by atoms with E-state index in [2.05, 4.69) is 10.4 Å². The first-order valence-electron chi connectivity index (χ1n) is 6.04. The highest BCUT2D eigenvalue weighted by Crippen LogP contribution is 2.32. The molecule has 0 spiro atoms. The van der Waals surface area contributed by atoms with Crippen molar-refractivity contribution in [2.45, 2.75) is 13.1 Å². The van der Waals surface area contributed by atoms with Crippen LogP contribution in [0.1, 0.15) is 21.6 Å². The lowest BCUT2D eigenvalue weighted by Crippen LogP contribution is -2.31. The Morgan fingerprint density at radius 3 is 2.57 bits per heavy atom. The van der Waals surface area contributed by atoms with E-state index in [1.54, 1.807) is 0 Å². The van der Waals surface area contributed by atoms with E-state index in [1.807, 2.05) is 0 Å². The van der Waals surface area contributed by atoms with Gasteiger partial charge in [-0.25, -0.2) is 4.98 Å². The molecule has 0 saturated carbocycles. The normalized spacial score (nSPS) is 11.3. The Balaban J connectivity index is 2.42. The Bertz CT molecular complexity index is 833. The molecule has 0 unspecified atom stereocenters. The van der Waals surface area contributed by atoms with Gasteiger partial charge in [-0.15, -0.1) is 0 Å². The summed E-state index contributed by atoms with van der Waals surface area (Å²) in [5.74, 6) is -1.83. The third-order valence-electron chi connectivity index (χ3n) is 2.86. The predicted octanol–water partition coefficient (Wildman–Crippen LogP) is 1.46. The summed E-state index contributed by atoms with van der Waals surface area (Å²) in [7, 11) is 0. The van der Waals surface area contributed by atoms with Crippen molar-refractivity contribution in [1.29, 1.82) is 0 Å². The highest BCUT2D eigenvalue weighted by molar-refractivity contribution is 6.32. The van der Waals surface area contributed by atoms with Gasteiger partial charge in [0.05, 0.1) is 22.1 Å². The van der Waals surface area contributed by atoms with Crippen molar-refractivity contribution in [3.05, 3.63) is 56.6 Å². The number of carbonyl (C=O) groups is 1. The number of carboxylic acids is 1. The molecular weight excluding hydrogens is 339 g/mol. The number of alkyl halides is 3. The maximum atomic E-state index is 12.5. The van der Waals surface area contributed by atoms with Gasteiger partial charge in [-0.1, -0.05) is 11.6 Å². The largest absolute Gasteiger partial charge is 0.545 e. The summed E-state index contributed by atoms with van der Waals surface area (Å²) in [6, 6.07) is 1.70. The number of aryl methyl sites for hydroxylation is 1. The number of pyridine rings is 2. The maximum Gasteiger partial charge on any atom is 0.417 e. The number of nitrogens with zero attached hydrogens (tertiary/aromatic N) is 2. The van der Waals surface area contributed by atoms with E-state index in [4.69, 9.17) is 11.6 Å². The number of hydrogen-bond donors (Lipinski definition) is 1. The van der Waals surface area contributed by atoms with Crippen LogP contribution >= 0.6 is 11.6 Å². The van der Waals surface area contributed by atoms with Crippen molar-refractivity contribution in [3.63, 3.8) is 0 Å². The second-order valence-electron chi connectivity index (χ2n) is 4.51. The molecule has 10 heteroatoms. The fourth-order valence-electron chi connectivity index (χ4n) is 1.69. The molecule has 0 aromatic carbocycles. The van der Waals surface area contributed by atoms with Gasteiger partial charge in [0.2, 0.25) is 0 Å². The van der Waals surface area contributed by atoms with Crippen LogP contribution in [0.25, 0.3) is 0 Å². The Labute approximate surface area is 132 Å². The monoisotopic (exact) mass is 346 g/mol. The standard InChI is InChI=1S/C13H9ClF3N3O3/c1-6-2-10(21)8(12(22)23)5-20(6)19-11-9(14)3-7(4-18-11)13(15,16)17/h2-5H,1H3,(H,18,19)(H,22,23)/p-1. The van der Waals surface area contributed by atoms with Crippen LogP contribution in [0.15, 0.2) is 29.3 Å². The van der Waals surface area contributed by atoms with E-state index in [0.29, 0.717) is 12.3 Å². The third kappa shape index (κ3) is 3.62. The molecule has 2 rings (SSSR count). The van der Waals surface area contributed by atoms with E-state index >= 15 is 0 Å². The SMILES string of the molecule is Cc1cc(=O)c(C(=O)[O-])cn1Nc1ncc(C(F)(F)F)cc1Cl. The van der Waals surface area contributed by atoms with Crippen LogP contribution in [0.2, 0.25) is 5.02 Å². The van der Waals surface area contributed by atoms with E-state index in [0.717, 1.165) is 16.9 Å². The van der Waals surface area contributed by atoms with Crippen molar-refractivity contribution in [2.24, 2.45) is 0 Å². The van der Waals surface area contributed by atoms with Gasteiger partial charge in [-0.05, 0) is 13.0 Å². The molecular formula is C13H8ClF3N3O3-. The van der Waals surface area contributed by atoms with E-state index < -0.39 is 28.7 Å². The second kappa shape index (κ2) is 5.92. The van der Waals surface area contributed by atoms with Crippen LogP contribution in [0.5, 0.6) is 0 Å². The number of hydrogen-bond acceptors (Lipinski definition) is 5. The van der Waals surface area contributed by atoms with Crippen molar-refractivity contribution < 1.29 is 23.1 Å². The van der Waals surface area contributed by atoms with Crippen molar-refractivity contribution >= 4 is 23.4 Å². The number of nitrogens with one attached hydrogen (secondary N) is 1. The lowest BCUT2D eigenvalue weighted by molar-refractivity contribution is -0.255. The van der Waals surface area contributed by atoms with Gasteiger partial charge in [0, 0.05) is 24.2 Å². The number of carbonyl (C=O) groups excluding carboxylic acids is 1. The predicted molar refractivity (Wildman–Crippen MR) is 73.0 cm³/mol. The molecule has 2 aromatic heterocycles. The van der Waals surface area contributed by atoms with Crippen molar-refractivity contribution in [3.8, 4) is 0 Å². The molecule has 0 aliphatic rings. The lowest BCUT2D eigenvalue weighted by Gasteiger charge is -2.16. The molecule has 122 valence electrons. The summed E-state index contributed by atoms with van der Waals surface area (Å²) < 4.78 is 38.7. The Morgan fingerprint density at radius 1 is 1.39 bits per heavy atom. The topological polar surface area (TPSA) is 87.0 Å². The summed E-state index contributed by atoms with van der Waals surface area (Å²) in [4.78, 5) is 25.9. The van der Waals surface area contributed by atoms with Crippen LogP contribution < -0.4 is 16.0 Å². The molecule has 0 atom stereocenters. The van der Waals surface area contributed by atoms with Gasteiger partial charge in [0.25, 0.3) is 0 Å². The van der Waals surface area contributed by atoms with Crippen LogP contribution in [-0.2, 0) is 6.18 Å². The average Bonchev–Trinajstić information content (AvgIpc) is 2.42. The molecule has 2 aromatic rings. The lowest BCUT2D eigenvalue weighted by atomic mass is 10.2. The fourth-order valence-corrected chi connectivity index (χ4v) is 1.90. The van der Waals surface area contributed by atoms with Crippen LogP contribution in [0, 0.1) is 6.92 Å². The molecule has 0 amide bonds. The first-order chi connectivity index (χ1) is 10.6. The highest BCUT2D eigenvalue weighted by atomic mass is 35.5. The number of carboxylic acid groups (broad SMARTS) is 1. The molecule has 0 fully saturated rings. The van der Waals surface area contributed by atoms with Gasteiger partial charge < -0.3 is 9.90 Å². The number of anilines is 1. The molecule has 0 radical (unpaired) electrons. The van der Waals surface area contributed by atoms with E-state index in [1.165, 1.54) is 6.92 Å². The van der Waals surface area contributed by atoms with Crippen molar-refractivity contribution in [2.75, 3.05) is 5.43 Å². The zero-order chi connectivity index (χ0) is 17.4. The van der Waals surface area contributed by atoms with Gasteiger partial charge >= 0.3 is 6.18 Å². The third-order valence-corrected chi connectivity index (χ3v) is 3.15. The van der Waals surface area contributed by atoms with Gasteiger partial charge in [-0.3, -0.25) is 14.9 Å². The average molecular weight is 347 g/mol. The minimum atomic E-state index is -4.59. The first kappa shape index (κ1) is 16.8. The molecule has 6 nitrogen and oxygen atoms in total. The van der Waals surface area contributed by atoms with Gasteiger partial charge in [0.15, 0.2) is 11.2 Å². The summed E-state index contributed by atoms with van der Waals surface area (Å²) in [6.07, 6.45) is -3.08. The number of aromatic nitrogens is 2. The number of rotatable bonds is 3. The Kier molecular flexibility index (Phi) is 4.33. The van der Waals surface area contributed by atoms with Crippen LogP contribution in [0.4, 0.5) is 19.0 Å². The molecule has 2 heterocycles. The van der Waals surface area contributed by atoms with Crippen LogP contribution in [-0.4, -0.2) is 15.6 Å². The summed E-state index contributed by atoms with van der Waals surface area (Å²) in [6.45, 7) is 1.48. The second-order valence-corrected chi connectivity index (χ2v) is 4.92. The number of halogens is 4. The van der Waals surface area contributed by atoms with Crippen LogP contribution in [0.3, 0.4) is 0 Å². The van der Waals surface area contributed by atoms with E-state index in [-0.39, 0.29) is 16.5 Å². The smallest absolute Gasteiger partial charge is 0.417 e. The Morgan fingerprint density at radius 2 is 2.04 bits per heavy atom. The van der Waals surface area contributed by atoms with Crippen molar-refractivity contribution in [1.82, 2.24) is 9.66 Å². The summed E-state index contributed by atoms with van der Waals surface area (Å²) in [5, 5.41) is 10.5. The molecule has 0 aliphatic carbocycles. The molecule has 0 saturated heterocycles. The minimum absolute atomic E-state index is 0.143. The minimum Gasteiger partial charge on any atom is -0.545 e. The van der Waals surface area contributed by atoms with Gasteiger partial charge in [-0.2, -0.15) is 13.2 Å². The molecule has 23 heavy (non-hydrogen) atoms. The summed E-state index contributed by atoms with van der Waals surface area (Å²) >= 11 is 5.74. The zero-order valence-corrected chi connectivity index (χ0v) is 12.2. The quantitative estimate of drug-likeness (QED) is 0.909. The van der Waals surface area contributed by atoms with Gasteiger partial charge in [0.1, 0.15) is 0 Å². The highest BCUT2D eigenvalue weighted by Gasteiger charge is 2.31. The number of aromatic carboxylic acids is 1. The molecule has 0 bridgehead atoms. The zero-order valence-electron chi connectivity index (χ0n) is 11.4. The maximum absolute atomic E-state index is 12.5. The Hall–Kier alpha value is -2.55. The molecule has 0 aliphatic heterocycles.